The highest BCUT2D eigenvalue weighted by Crippen LogP contribution is 2.38. The summed E-state index contributed by atoms with van der Waals surface area (Å²) in [6.45, 7) is 7.94. The summed E-state index contributed by atoms with van der Waals surface area (Å²) in [7, 11) is 0. The van der Waals surface area contributed by atoms with Gasteiger partial charge < -0.3 is 25.3 Å². The van der Waals surface area contributed by atoms with Gasteiger partial charge in [0.25, 0.3) is 5.69 Å². The van der Waals surface area contributed by atoms with Crippen LogP contribution in [0.15, 0.2) is 48.7 Å². The zero-order valence-corrected chi connectivity index (χ0v) is 24.2. The Kier molecular flexibility index (Phi) is 9.61. The predicted molar refractivity (Wildman–Crippen MR) is 154 cm³/mol. The second kappa shape index (κ2) is 13.1. The Hall–Kier alpha value is -4.26. The van der Waals surface area contributed by atoms with Gasteiger partial charge in [-0.2, -0.15) is 5.10 Å². The normalized spacial score (nSPS) is 18.2. The fourth-order valence-corrected chi connectivity index (χ4v) is 4.66. The fraction of sp³-hybridized carbons (Fsp3) is 0.483. The summed E-state index contributed by atoms with van der Waals surface area (Å²) >= 11 is 0. The second-order valence-electron chi connectivity index (χ2n) is 11.4. The first-order chi connectivity index (χ1) is 19.9. The molecule has 1 aromatic carbocycles. The molecule has 4 atom stereocenters. The van der Waals surface area contributed by atoms with Crippen molar-refractivity contribution in [2.75, 3.05) is 11.9 Å². The third-order valence-electron chi connectivity index (χ3n) is 6.90. The average Bonchev–Trinajstić information content (AvgIpc) is 3.56. The molecule has 4 rings (SSSR count). The van der Waals surface area contributed by atoms with Gasteiger partial charge in [-0.15, -0.1) is 0 Å². The zero-order chi connectivity index (χ0) is 30.4. The van der Waals surface area contributed by atoms with E-state index in [1.807, 2.05) is 16.8 Å². The number of benzene rings is 1. The summed E-state index contributed by atoms with van der Waals surface area (Å²) in [6, 6.07) is 10.2. The van der Waals surface area contributed by atoms with Gasteiger partial charge in [0.15, 0.2) is 0 Å². The molecule has 0 bridgehead atoms. The van der Waals surface area contributed by atoms with E-state index in [0.717, 1.165) is 23.6 Å². The van der Waals surface area contributed by atoms with Crippen molar-refractivity contribution in [2.24, 2.45) is 5.73 Å². The van der Waals surface area contributed by atoms with E-state index < -0.39 is 23.3 Å². The molecule has 1 saturated carbocycles. The summed E-state index contributed by atoms with van der Waals surface area (Å²) in [4.78, 5) is 26.8. The highest BCUT2D eigenvalue weighted by molar-refractivity contribution is 5.64. The van der Waals surface area contributed by atoms with Crippen molar-refractivity contribution in [1.82, 2.24) is 14.8 Å². The summed E-state index contributed by atoms with van der Waals surface area (Å²) in [6.07, 6.45) is 1.46. The van der Waals surface area contributed by atoms with Gasteiger partial charge in [-0.1, -0.05) is 0 Å². The molecule has 3 aromatic rings. The molecular formula is C29H37FN6O6. The van der Waals surface area contributed by atoms with Crippen LogP contribution in [0.25, 0.3) is 0 Å². The summed E-state index contributed by atoms with van der Waals surface area (Å²) < 4.78 is 32.1. The van der Waals surface area contributed by atoms with E-state index in [4.69, 9.17) is 25.0 Å². The number of pyridine rings is 1. The molecule has 3 N–H and O–H groups in total. The second-order valence-corrected chi connectivity index (χ2v) is 11.4. The number of nitro benzene ring substituents is 1. The van der Waals surface area contributed by atoms with E-state index in [1.165, 1.54) is 24.3 Å². The Labute approximate surface area is 243 Å². The van der Waals surface area contributed by atoms with E-state index in [1.54, 1.807) is 19.2 Å². The van der Waals surface area contributed by atoms with Crippen LogP contribution in [0, 0.1) is 10.1 Å². The number of hydrogen-bond acceptors (Lipinski definition) is 10. The zero-order valence-electron chi connectivity index (χ0n) is 24.2. The number of non-ortho nitro benzene ring substituents is 1. The number of nitrogens with zero attached hydrogens (tertiary/aromatic N) is 4. The number of halogens is 1. The van der Waals surface area contributed by atoms with Crippen LogP contribution in [0.4, 0.5) is 26.4 Å². The Balaban J connectivity index is 1.38. The van der Waals surface area contributed by atoms with Crippen LogP contribution in [0.3, 0.4) is 0 Å². The molecule has 0 spiro atoms. The van der Waals surface area contributed by atoms with Crippen molar-refractivity contribution in [3.05, 3.63) is 64.5 Å². The van der Waals surface area contributed by atoms with Crippen LogP contribution in [0.5, 0.6) is 11.6 Å². The first kappa shape index (κ1) is 30.7. The lowest BCUT2D eigenvalue weighted by molar-refractivity contribution is -0.384. The van der Waals surface area contributed by atoms with E-state index in [9.17, 15) is 19.3 Å². The average molecular weight is 585 g/mol. The first-order valence-electron chi connectivity index (χ1n) is 13.9. The summed E-state index contributed by atoms with van der Waals surface area (Å²) in [5.74, 6) is 1.38. The summed E-state index contributed by atoms with van der Waals surface area (Å²) in [5, 5.41) is 19.1. The number of nitrogens with two attached hydrogens (primary N) is 1. The first-order valence-corrected chi connectivity index (χ1v) is 13.9. The molecule has 0 aliphatic heterocycles. The minimum Gasteiger partial charge on any atom is -0.477 e. The Morgan fingerprint density at radius 3 is 2.64 bits per heavy atom. The van der Waals surface area contributed by atoms with E-state index in [2.05, 4.69) is 31.1 Å². The van der Waals surface area contributed by atoms with E-state index >= 15 is 0 Å². The molecule has 1 aliphatic carbocycles. The quantitative estimate of drug-likeness (QED) is 0.119. The SMILES string of the molecule is C[C@H](N)C(F)CCOc1cc(Nc2cc([C@H]3CC[C@@H](OC(=O)Oc4ccc([N+](=O)[O-])cc4)C3)nn2C(C)(C)C)ccn1. The van der Waals surface area contributed by atoms with Gasteiger partial charge in [-0.05, 0) is 65.2 Å². The molecule has 2 heterocycles. The lowest BCUT2D eigenvalue weighted by Gasteiger charge is -2.23. The van der Waals surface area contributed by atoms with Crippen LogP contribution in [0.2, 0.25) is 0 Å². The number of aromatic nitrogens is 3. The topological polar surface area (TPSA) is 157 Å². The molecule has 12 nitrogen and oxygen atoms in total. The Bertz CT molecular complexity index is 1370. The number of nitro groups is 1. The van der Waals surface area contributed by atoms with Gasteiger partial charge in [0.2, 0.25) is 5.88 Å². The Morgan fingerprint density at radius 2 is 1.98 bits per heavy atom. The van der Waals surface area contributed by atoms with Gasteiger partial charge in [0.1, 0.15) is 23.8 Å². The number of hydrogen-bond donors (Lipinski definition) is 2. The van der Waals surface area contributed by atoms with Crippen LogP contribution >= 0.6 is 0 Å². The number of nitrogens with one attached hydrogen (secondary N) is 1. The lowest BCUT2D eigenvalue weighted by atomic mass is 10.0. The molecule has 1 aliphatic rings. The van der Waals surface area contributed by atoms with Crippen molar-refractivity contribution in [1.29, 1.82) is 0 Å². The maximum absolute atomic E-state index is 13.8. The van der Waals surface area contributed by atoms with Gasteiger partial charge in [0.05, 0.1) is 22.8 Å². The molecule has 2 aromatic heterocycles. The van der Waals surface area contributed by atoms with Crippen LogP contribution in [0.1, 0.15) is 65.0 Å². The van der Waals surface area contributed by atoms with Crippen molar-refractivity contribution in [3.8, 4) is 11.6 Å². The number of carbonyl (C=O) groups excluding carboxylic acids is 1. The largest absolute Gasteiger partial charge is 0.514 e. The monoisotopic (exact) mass is 584 g/mol. The van der Waals surface area contributed by atoms with Crippen LogP contribution < -0.4 is 20.5 Å². The number of anilines is 2. The van der Waals surface area contributed by atoms with Crippen molar-refractivity contribution < 1.29 is 28.3 Å². The van der Waals surface area contributed by atoms with Crippen molar-refractivity contribution in [3.63, 3.8) is 0 Å². The fourth-order valence-electron chi connectivity index (χ4n) is 4.66. The highest BCUT2D eigenvalue weighted by atomic mass is 19.1. The standard InChI is InChI=1S/C29H37FN6O6/c1-18(31)24(30)12-14-40-27-16-20(11-13-32-27)33-26-17-25(34-35(26)29(2,3)4)19-5-8-23(15-19)42-28(37)41-22-9-6-21(7-10-22)36(38)39/h6-7,9-11,13,16-19,23-24H,5,8,12,14-15,31H2,1-4H3,(H,32,33)/t18-,19-,23+,24?/m0/s1. The molecule has 226 valence electrons. The van der Waals surface area contributed by atoms with Crippen LogP contribution in [-0.2, 0) is 10.3 Å². The third kappa shape index (κ3) is 8.15. The van der Waals surface area contributed by atoms with E-state index in [-0.39, 0.29) is 42.0 Å². The molecular weight excluding hydrogens is 547 g/mol. The smallest absolute Gasteiger partial charge is 0.477 e. The minimum absolute atomic E-state index is 0.0706. The number of ether oxygens (including phenoxy) is 3. The van der Waals surface area contributed by atoms with E-state index in [0.29, 0.717) is 18.7 Å². The van der Waals surface area contributed by atoms with Crippen LogP contribution in [-0.4, -0.2) is 50.8 Å². The summed E-state index contributed by atoms with van der Waals surface area (Å²) in [5.41, 5.74) is 6.77. The third-order valence-corrected chi connectivity index (χ3v) is 6.90. The number of carbonyl (C=O) groups is 1. The number of alkyl halides is 1. The molecule has 0 radical (unpaired) electrons. The van der Waals surface area contributed by atoms with Gasteiger partial charge in [0, 0.05) is 54.5 Å². The minimum atomic E-state index is -1.15. The molecule has 42 heavy (non-hydrogen) atoms. The molecule has 13 heteroatoms. The molecule has 0 amide bonds. The maximum Gasteiger partial charge on any atom is 0.514 e. The maximum atomic E-state index is 13.8. The van der Waals surface area contributed by atoms with Gasteiger partial charge in [-0.25, -0.2) is 18.9 Å². The predicted octanol–water partition coefficient (Wildman–Crippen LogP) is 5.99. The van der Waals surface area contributed by atoms with Gasteiger partial charge >= 0.3 is 6.16 Å². The van der Waals surface area contributed by atoms with Gasteiger partial charge in [-0.3, -0.25) is 10.1 Å². The molecule has 1 fully saturated rings. The Morgan fingerprint density at radius 1 is 1.24 bits per heavy atom. The number of rotatable bonds is 11. The molecule has 1 unspecified atom stereocenters. The van der Waals surface area contributed by atoms with Crippen molar-refractivity contribution in [2.45, 2.75) is 83.2 Å². The van der Waals surface area contributed by atoms with Crippen molar-refractivity contribution >= 4 is 23.3 Å². The lowest BCUT2D eigenvalue weighted by Crippen LogP contribution is -2.29. The highest BCUT2D eigenvalue weighted by Gasteiger charge is 2.32. The molecule has 0 saturated heterocycles.